The molecule has 1 aliphatic heterocycles. The summed E-state index contributed by atoms with van der Waals surface area (Å²) in [7, 11) is 1.42. The second-order valence-corrected chi connectivity index (χ2v) is 10.5. The third-order valence-corrected chi connectivity index (χ3v) is 7.64. The highest BCUT2D eigenvalue weighted by Gasteiger charge is 2.36. The van der Waals surface area contributed by atoms with Crippen LogP contribution < -0.4 is 9.47 Å². The molecule has 0 spiro atoms. The largest absolute Gasteiger partial charge is 0.493 e. The lowest BCUT2D eigenvalue weighted by molar-refractivity contribution is -0.385. The molecule has 2 amide bonds. The molecule has 4 aromatic carbocycles. The Balaban J connectivity index is 1.40. The fourth-order valence-corrected chi connectivity index (χ4v) is 5.63. The number of esters is 1. The molecular weight excluding hydrogens is 600 g/mol. The van der Waals surface area contributed by atoms with Gasteiger partial charge in [0.1, 0.15) is 0 Å². The molecule has 0 aliphatic carbocycles. The summed E-state index contributed by atoms with van der Waals surface area (Å²) < 4.78 is 11.6. The van der Waals surface area contributed by atoms with E-state index in [-0.39, 0.29) is 34.2 Å². The fraction of sp³-hybridized carbons (Fsp3) is 0.0690. The van der Waals surface area contributed by atoms with Gasteiger partial charge in [0, 0.05) is 11.6 Å². The molecular formula is C29H19BrN2O7S. The van der Waals surface area contributed by atoms with Gasteiger partial charge in [-0.15, -0.1) is 0 Å². The number of rotatable bonds is 7. The van der Waals surface area contributed by atoms with Crippen molar-refractivity contribution in [1.82, 2.24) is 4.90 Å². The number of thioether (sulfide) groups is 1. The lowest BCUT2D eigenvalue weighted by atomic mass is 10.0. The van der Waals surface area contributed by atoms with Gasteiger partial charge in [0.2, 0.25) is 0 Å². The summed E-state index contributed by atoms with van der Waals surface area (Å²) in [6, 6.07) is 22.0. The van der Waals surface area contributed by atoms with Gasteiger partial charge in [-0.05, 0) is 68.3 Å². The predicted octanol–water partition coefficient (Wildman–Crippen LogP) is 6.97. The first-order valence-corrected chi connectivity index (χ1v) is 13.4. The van der Waals surface area contributed by atoms with E-state index in [1.54, 1.807) is 30.3 Å². The molecule has 0 aromatic heterocycles. The number of halogens is 1. The van der Waals surface area contributed by atoms with Crippen LogP contribution in [-0.2, 0) is 11.3 Å². The number of hydrogen-bond donors (Lipinski definition) is 0. The standard InChI is InChI=1S/C29H19BrN2O7S/c1-38-24-14-17(13-22(30)26(24)39-28(34)21-11-6-9-18-7-2-4-10-20(18)21)15-25-27(33)31(29(35)40-25)16-19-8-3-5-12-23(19)32(36)37/h2-15H,16H2,1H3/b25-15-. The third kappa shape index (κ3) is 5.33. The number of hydrogen-bond acceptors (Lipinski definition) is 8. The van der Waals surface area contributed by atoms with Crippen LogP contribution in [0.5, 0.6) is 11.5 Å². The fourth-order valence-electron chi connectivity index (χ4n) is 4.25. The zero-order chi connectivity index (χ0) is 28.4. The molecule has 40 heavy (non-hydrogen) atoms. The van der Waals surface area contributed by atoms with Crippen molar-refractivity contribution in [2.75, 3.05) is 7.11 Å². The van der Waals surface area contributed by atoms with Gasteiger partial charge < -0.3 is 9.47 Å². The van der Waals surface area contributed by atoms with Crippen LogP contribution in [0.1, 0.15) is 21.5 Å². The van der Waals surface area contributed by atoms with Crippen molar-refractivity contribution in [3.05, 3.63) is 115 Å². The molecule has 1 fully saturated rings. The van der Waals surface area contributed by atoms with Crippen molar-refractivity contribution < 1.29 is 28.8 Å². The molecule has 4 aromatic rings. The number of imide groups is 1. The molecule has 1 saturated heterocycles. The lowest BCUT2D eigenvalue weighted by Crippen LogP contribution is -2.27. The Labute approximate surface area is 240 Å². The van der Waals surface area contributed by atoms with Crippen LogP contribution in [0.3, 0.4) is 0 Å². The van der Waals surface area contributed by atoms with E-state index in [0.29, 0.717) is 15.6 Å². The van der Waals surface area contributed by atoms with E-state index in [0.717, 1.165) is 27.4 Å². The molecule has 0 bridgehead atoms. The van der Waals surface area contributed by atoms with E-state index in [1.165, 1.54) is 31.4 Å². The van der Waals surface area contributed by atoms with Crippen LogP contribution in [0.15, 0.2) is 88.2 Å². The Morgan fingerprint density at radius 2 is 1.77 bits per heavy atom. The minimum Gasteiger partial charge on any atom is -0.493 e. The maximum Gasteiger partial charge on any atom is 0.344 e. The normalized spacial score (nSPS) is 14.2. The number of ether oxygens (including phenoxy) is 2. The Morgan fingerprint density at radius 1 is 1.05 bits per heavy atom. The number of carbonyl (C=O) groups is 3. The van der Waals surface area contributed by atoms with E-state index >= 15 is 0 Å². The predicted molar refractivity (Wildman–Crippen MR) is 154 cm³/mol. The van der Waals surface area contributed by atoms with Crippen LogP contribution in [0, 0.1) is 10.1 Å². The summed E-state index contributed by atoms with van der Waals surface area (Å²) in [5.41, 5.74) is 0.971. The van der Waals surface area contributed by atoms with E-state index in [9.17, 15) is 24.5 Å². The van der Waals surface area contributed by atoms with Gasteiger partial charge in [0.05, 0.1) is 33.5 Å². The highest BCUT2D eigenvalue weighted by atomic mass is 79.9. The third-order valence-electron chi connectivity index (χ3n) is 6.14. The summed E-state index contributed by atoms with van der Waals surface area (Å²) in [6.45, 7) is -0.227. The quantitative estimate of drug-likeness (QED) is 0.0716. The van der Waals surface area contributed by atoms with Crippen LogP contribution in [0.4, 0.5) is 10.5 Å². The first kappa shape index (κ1) is 27.1. The summed E-state index contributed by atoms with van der Waals surface area (Å²) in [5, 5.41) is 12.4. The minimum atomic E-state index is -0.574. The van der Waals surface area contributed by atoms with Crippen molar-refractivity contribution in [2.24, 2.45) is 0 Å². The molecule has 1 heterocycles. The zero-order valence-corrected chi connectivity index (χ0v) is 23.2. The number of nitrogens with zero attached hydrogens (tertiary/aromatic N) is 2. The van der Waals surface area contributed by atoms with Gasteiger partial charge in [0.25, 0.3) is 16.8 Å². The Kier molecular flexibility index (Phi) is 7.67. The molecule has 5 rings (SSSR count). The zero-order valence-electron chi connectivity index (χ0n) is 20.8. The molecule has 0 unspecified atom stereocenters. The van der Waals surface area contributed by atoms with Crippen LogP contribution in [0.25, 0.3) is 16.8 Å². The average molecular weight is 619 g/mol. The number of nitro benzene ring substituents is 1. The van der Waals surface area contributed by atoms with Crippen LogP contribution in [0.2, 0.25) is 0 Å². The molecule has 200 valence electrons. The van der Waals surface area contributed by atoms with Gasteiger partial charge in [-0.25, -0.2) is 4.79 Å². The second-order valence-electron chi connectivity index (χ2n) is 8.60. The molecule has 0 N–H and O–H groups in total. The van der Waals surface area contributed by atoms with Gasteiger partial charge in [0.15, 0.2) is 11.5 Å². The maximum atomic E-state index is 13.1. The molecule has 0 radical (unpaired) electrons. The number of para-hydroxylation sites is 1. The molecule has 0 saturated carbocycles. The van der Waals surface area contributed by atoms with Gasteiger partial charge >= 0.3 is 5.97 Å². The van der Waals surface area contributed by atoms with Gasteiger partial charge in [-0.2, -0.15) is 0 Å². The number of amides is 2. The number of benzene rings is 4. The van der Waals surface area contributed by atoms with Crippen molar-refractivity contribution >= 4 is 67.3 Å². The van der Waals surface area contributed by atoms with Crippen LogP contribution in [-0.4, -0.2) is 34.0 Å². The number of carbonyl (C=O) groups excluding carboxylic acids is 3. The topological polar surface area (TPSA) is 116 Å². The second kappa shape index (κ2) is 11.3. The average Bonchev–Trinajstić information content (AvgIpc) is 3.21. The summed E-state index contributed by atoms with van der Waals surface area (Å²) in [4.78, 5) is 50.7. The van der Waals surface area contributed by atoms with Gasteiger partial charge in [-0.3, -0.25) is 24.6 Å². The van der Waals surface area contributed by atoms with Crippen molar-refractivity contribution in [3.63, 3.8) is 0 Å². The highest BCUT2D eigenvalue weighted by Crippen LogP contribution is 2.40. The SMILES string of the molecule is COc1cc(/C=C2\SC(=O)N(Cc3ccccc3[N+](=O)[O-])C2=O)cc(Br)c1OC(=O)c1cccc2ccccc12. The van der Waals surface area contributed by atoms with Crippen molar-refractivity contribution in [1.29, 1.82) is 0 Å². The van der Waals surface area contributed by atoms with E-state index in [2.05, 4.69) is 15.9 Å². The number of nitro groups is 1. The van der Waals surface area contributed by atoms with Gasteiger partial charge in [-0.1, -0.05) is 54.6 Å². The molecule has 9 nitrogen and oxygen atoms in total. The highest BCUT2D eigenvalue weighted by molar-refractivity contribution is 9.10. The van der Waals surface area contributed by atoms with E-state index < -0.39 is 22.0 Å². The maximum absolute atomic E-state index is 13.1. The first-order valence-electron chi connectivity index (χ1n) is 11.8. The lowest BCUT2D eigenvalue weighted by Gasteiger charge is -2.14. The number of methoxy groups -OCH3 is 1. The minimum absolute atomic E-state index is 0.137. The first-order chi connectivity index (χ1) is 19.3. The van der Waals surface area contributed by atoms with E-state index in [1.807, 2.05) is 30.3 Å². The smallest absolute Gasteiger partial charge is 0.344 e. The Hall–Kier alpha value is -4.48. The van der Waals surface area contributed by atoms with Crippen molar-refractivity contribution in [2.45, 2.75) is 6.54 Å². The molecule has 0 atom stereocenters. The Bertz CT molecular complexity index is 1730. The summed E-state index contributed by atoms with van der Waals surface area (Å²) in [6.07, 6.45) is 1.51. The summed E-state index contributed by atoms with van der Waals surface area (Å²) >= 11 is 4.15. The number of fused-ring (bicyclic) bond motifs is 1. The van der Waals surface area contributed by atoms with Crippen molar-refractivity contribution in [3.8, 4) is 11.5 Å². The molecule has 1 aliphatic rings. The Morgan fingerprint density at radius 3 is 2.55 bits per heavy atom. The van der Waals surface area contributed by atoms with Crippen LogP contribution >= 0.6 is 27.7 Å². The monoisotopic (exact) mass is 618 g/mol. The summed E-state index contributed by atoms with van der Waals surface area (Å²) in [5.74, 6) is -0.759. The van der Waals surface area contributed by atoms with E-state index in [4.69, 9.17) is 9.47 Å². The molecule has 11 heteroatoms.